The maximum Gasteiger partial charge on any atom is 0.194 e. The highest BCUT2D eigenvalue weighted by molar-refractivity contribution is 7.15. The number of hydrogen-bond acceptors (Lipinski definition) is 4. The normalized spacial score (nSPS) is 11.1. The first-order valence-corrected chi connectivity index (χ1v) is 5.56. The van der Waals surface area contributed by atoms with E-state index in [1.54, 1.807) is 22.7 Å². The first-order valence-electron chi connectivity index (χ1n) is 3.74. The summed E-state index contributed by atoms with van der Waals surface area (Å²) in [6, 6.07) is 0. The summed E-state index contributed by atoms with van der Waals surface area (Å²) < 4.78 is 2.01. The van der Waals surface area contributed by atoms with Crippen molar-refractivity contribution in [2.75, 3.05) is 0 Å². The number of nitrogens with zero attached hydrogens (tertiary/aromatic N) is 3. The lowest BCUT2D eigenvalue weighted by Gasteiger charge is -1.83. The zero-order valence-corrected chi connectivity index (χ0v) is 8.18. The number of fused-ring (bicyclic) bond motifs is 1. The van der Waals surface area contributed by atoms with Crippen LogP contribution in [0.3, 0.4) is 0 Å². The highest BCUT2D eigenvalue weighted by atomic mass is 32.1. The average Bonchev–Trinajstić information content (AvgIpc) is 2.78. The van der Waals surface area contributed by atoms with Gasteiger partial charge in [-0.05, 0) is 0 Å². The molecule has 3 rings (SSSR count). The van der Waals surface area contributed by atoms with Gasteiger partial charge < -0.3 is 0 Å². The average molecular weight is 207 g/mol. The molecule has 5 heteroatoms. The van der Waals surface area contributed by atoms with Crippen LogP contribution < -0.4 is 0 Å². The number of hydrogen-bond donors (Lipinski definition) is 0. The maximum atomic E-state index is 4.44. The van der Waals surface area contributed by atoms with Gasteiger partial charge in [-0.25, -0.2) is 9.97 Å². The number of imidazole rings is 1. The molecule has 0 N–H and O–H groups in total. The van der Waals surface area contributed by atoms with Gasteiger partial charge in [-0.15, -0.1) is 22.7 Å². The van der Waals surface area contributed by atoms with Crippen molar-refractivity contribution < 1.29 is 0 Å². The van der Waals surface area contributed by atoms with Crippen LogP contribution in [-0.2, 0) is 0 Å². The molecule has 64 valence electrons. The van der Waals surface area contributed by atoms with Gasteiger partial charge in [0, 0.05) is 23.2 Å². The monoisotopic (exact) mass is 207 g/mol. The van der Waals surface area contributed by atoms with Gasteiger partial charge in [0.1, 0.15) is 11.4 Å². The summed E-state index contributed by atoms with van der Waals surface area (Å²) in [6.45, 7) is 0. The Morgan fingerprint density at radius 3 is 3.08 bits per heavy atom. The third-order valence-electron chi connectivity index (χ3n) is 1.79. The van der Waals surface area contributed by atoms with Gasteiger partial charge >= 0.3 is 0 Å². The number of thiazole rings is 2. The predicted molar refractivity (Wildman–Crippen MR) is 54.2 cm³/mol. The minimum atomic E-state index is 0.952. The van der Waals surface area contributed by atoms with E-state index in [1.807, 2.05) is 33.1 Å². The SMILES string of the molecule is c1nc(-c2cn3ccsc3n2)cs1. The molecule has 0 radical (unpaired) electrons. The van der Waals surface area contributed by atoms with Gasteiger partial charge in [0.05, 0.1) is 5.51 Å². The molecule has 0 unspecified atom stereocenters. The Morgan fingerprint density at radius 2 is 2.31 bits per heavy atom. The van der Waals surface area contributed by atoms with Gasteiger partial charge in [0.2, 0.25) is 0 Å². The second-order valence-corrected chi connectivity index (χ2v) is 4.18. The van der Waals surface area contributed by atoms with Crippen molar-refractivity contribution in [3.8, 4) is 11.4 Å². The second kappa shape index (κ2) is 2.65. The Labute approximate surface area is 82.3 Å². The van der Waals surface area contributed by atoms with E-state index < -0.39 is 0 Å². The molecule has 0 fully saturated rings. The predicted octanol–water partition coefficient (Wildman–Crippen LogP) is 2.52. The van der Waals surface area contributed by atoms with Crippen molar-refractivity contribution in [3.63, 3.8) is 0 Å². The van der Waals surface area contributed by atoms with Crippen molar-refractivity contribution in [1.82, 2.24) is 14.4 Å². The summed E-state index contributed by atoms with van der Waals surface area (Å²) in [6.07, 6.45) is 4.00. The summed E-state index contributed by atoms with van der Waals surface area (Å²) in [5.74, 6) is 0. The molecule has 3 aromatic heterocycles. The number of aromatic nitrogens is 3. The second-order valence-electron chi connectivity index (χ2n) is 2.59. The lowest BCUT2D eigenvalue weighted by Crippen LogP contribution is -1.74. The fraction of sp³-hybridized carbons (Fsp3) is 0. The minimum Gasteiger partial charge on any atom is -0.297 e. The van der Waals surface area contributed by atoms with E-state index in [-0.39, 0.29) is 0 Å². The molecule has 0 saturated heterocycles. The Morgan fingerprint density at radius 1 is 1.31 bits per heavy atom. The van der Waals surface area contributed by atoms with E-state index in [9.17, 15) is 0 Å². The van der Waals surface area contributed by atoms with Crippen molar-refractivity contribution in [1.29, 1.82) is 0 Å². The van der Waals surface area contributed by atoms with Crippen LogP contribution in [0.1, 0.15) is 0 Å². The van der Waals surface area contributed by atoms with Gasteiger partial charge in [0.15, 0.2) is 4.96 Å². The third-order valence-corrected chi connectivity index (χ3v) is 3.15. The molecule has 3 heterocycles. The topological polar surface area (TPSA) is 30.2 Å². The molecule has 0 aliphatic heterocycles. The van der Waals surface area contributed by atoms with Crippen LogP contribution in [0.15, 0.2) is 28.7 Å². The standard InChI is InChI=1S/C8H5N3S2/c1-2-13-8-10-6(3-11(1)8)7-4-12-5-9-7/h1-5H. The highest BCUT2D eigenvalue weighted by Crippen LogP contribution is 2.20. The summed E-state index contributed by atoms with van der Waals surface area (Å²) in [5, 5.41) is 4.03. The number of rotatable bonds is 1. The van der Waals surface area contributed by atoms with E-state index in [0.717, 1.165) is 16.3 Å². The molecular weight excluding hydrogens is 202 g/mol. The van der Waals surface area contributed by atoms with Crippen LogP contribution in [0.4, 0.5) is 0 Å². The van der Waals surface area contributed by atoms with E-state index in [0.29, 0.717) is 0 Å². The largest absolute Gasteiger partial charge is 0.297 e. The van der Waals surface area contributed by atoms with Crippen LogP contribution in [-0.4, -0.2) is 14.4 Å². The van der Waals surface area contributed by atoms with E-state index >= 15 is 0 Å². The first kappa shape index (κ1) is 7.23. The fourth-order valence-corrected chi connectivity index (χ4v) is 2.44. The molecule has 0 spiro atoms. The molecule has 0 bridgehead atoms. The third kappa shape index (κ3) is 1.08. The first-order chi connectivity index (χ1) is 6.43. The highest BCUT2D eigenvalue weighted by Gasteiger charge is 2.05. The zero-order chi connectivity index (χ0) is 8.67. The molecule has 0 aliphatic rings. The Kier molecular flexibility index (Phi) is 1.47. The maximum absolute atomic E-state index is 4.44. The van der Waals surface area contributed by atoms with Crippen molar-refractivity contribution in [2.45, 2.75) is 0 Å². The van der Waals surface area contributed by atoms with Crippen LogP contribution >= 0.6 is 22.7 Å². The van der Waals surface area contributed by atoms with Crippen LogP contribution in [0.25, 0.3) is 16.3 Å². The molecule has 0 amide bonds. The van der Waals surface area contributed by atoms with E-state index in [1.165, 1.54) is 0 Å². The minimum absolute atomic E-state index is 0.952. The van der Waals surface area contributed by atoms with Gasteiger partial charge in [-0.2, -0.15) is 0 Å². The molecule has 3 nitrogen and oxygen atoms in total. The Bertz CT molecular complexity index is 492. The lowest BCUT2D eigenvalue weighted by atomic mass is 10.4. The summed E-state index contributed by atoms with van der Waals surface area (Å²) in [5.41, 5.74) is 3.73. The lowest BCUT2D eigenvalue weighted by molar-refractivity contribution is 1.23. The summed E-state index contributed by atoms with van der Waals surface area (Å²) in [7, 11) is 0. The van der Waals surface area contributed by atoms with Crippen LogP contribution in [0.5, 0.6) is 0 Å². The summed E-state index contributed by atoms with van der Waals surface area (Å²) >= 11 is 3.22. The van der Waals surface area contributed by atoms with Gasteiger partial charge in [0.25, 0.3) is 0 Å². The smallest absolute Gasteiger partial charge is 0.194 e. The molecule has 13 heavy (non-hydrogen) atoms. The van der Waals surface area contributed by atoms with Gasteiger partial charge in [-0.1, -0.05) is 0 Å². The Hall–Kier alpha value is -1.20. The van der Waals surface area contributed by atoms with E-state index in [2.05, 4.69) is 9.97 Å². The molecule has 0 saturated carbocycles. The van der Waals surface area contributed by atoms with Gasteiger partial charge in [-0.3, -0.25) is 4.40 Å². The Balaban J connectivity index is 2.23. The molecule has 3 aromatic rings. The van der Waals surface area contributed by atoms with Crippen molar-refractivity contribution in [2.24, 2.45) is 0 Å². The molecular formula is C8H5N3S2. The van der Waals surface area contributed by atoms with Crippen LogP contribution in [0.2, 0.25) is 0 Å². The fourth-order valence-electron chi connectivity index (χ4n) is 1.19. The van der Waals surface area contributed by atoms with Crippen molar-refractivity contribution in [3.05, 3.63) is 28.7 Å². The molecule has 0 aromatic carbocycles. The summed E-state index contributed by atoms with van der Waals surface area (Å²) in [4.78, 5) is 9.67. The van der Waals surface area contributed by atoms with Crippen LogP contribution in [0, 0.1) is 0 Å². The zero-order valence-electron chi connectivity index (χ0n) is 6.54. The molecule has 0 aliphatic carbocycles. The van der Waals surface area contributed by atoms with Crippen molar-refractivity contribution >= 4 is 27.6 Å². The quantitative estimate of drug-likeness (QED) is 0.613. The van der Waals surface area contributed by atoms with E-state index in [4.69, 9.17) is 0 Å². The molecule has 0 atom stereocenters.